The van der Waals surface area contributed by atoms with Gasteiger partial charge in [0, 0.05) is 23.8 Å². The van der Waals surface area contributed by atoms with Crippen LogP contribution in [0.2, 0.25) is 5.02 Å². The summed E-state index contributed by atoms with van der Waals surface area (Å²) < 4.78 is 38.5. The quantitative estimate of drug-likeness (QED) is 0.849. The van der Waals surface area contributed by atoms with Crippen LogP contribution in [0.3, 0.4) is 0 Å². The molecule has 0 aliphatic rings. The minimum atomic E-state index is -4.40. The Kier molecular flexibility index (Phi) is 5.94. The van der Waals surface area contributed by atoms with E-state index < -0.39 is 11.7 Å². The van der Waals surface area contributed by atoms with Crippen molar-refractivity contribution in [1.29, 1.82) is 0 Å². The maximum atomic E-state index is 12.8. The fourth-order valence-corrected chi connectivity index (χ4v) is 1.97. The van der Waals surface area contributed by atoms with Gasteiger partial charge in [0.15, 0.2) is 0 Å². The third-order valence-corrected chi connectivity index (χ3v) is 3.16. The molecule has 0 saturated heterocycles. The average molecular weight is 295 g/mol. The van der Waals surface area contributed by atoms with Crippen molar-refractivity contribution in [3.8, 4) is 0 Å². The minimum absolute atomic E-state index is 0.0732. The molecule has 1 rings (SSSR count). The zero-order valence-corrected chi connectivity index (χ0v) is 11.8. The highest BCUT2D eigenvalue weighted by molar-refractivity contribution is 6.30. The van der Waals surface area contributed by atoms with Gasteiger partial charge in [0.05, 0.1) is 5.56 Å². The molecule has 0 radical (unpaired) electrons. The normalized spacial score (nSPS) is 11.9. The lowest BCUT2D eigenvalue weighted by molar-refractivity contribution is -0.136. The van der Waals surface area contributed by atoms with Crippen LogP contribution in [0.4, 0.5) is 18.9 Å². The molecule has 2 nitrogen and oxygen atoms in total. The van der Waals surface area contributed by atoms with E-state index in [-0.39, 0.29) is 10.7 Å². The van der Waals surface area contributed by atoms with E-state index in [1.165, 1.54) is 12.1 Å². The van der Waals surface area contributed by atoms with Crippen LogP contribution in [-0.2, 0) is 6.18 Å². The Bertz CT molecular complexity index is 403. The van der Waals surface area contributed by atoms with Gasteiger partial charge in [-0.2, -0.15) is 13.2 Å². The first kappa shape index (κ1) is 16.1. The Morgan fingerprint density at radius 3 is 2.37 bits per heavy atom. The number of halogens is 4. The van der Waals surface area contributed by atoms with Crippen LogP contribution >= 0.6 is 11.6 Å². The Hall–Kier alpha value is -0.940. The van der Waals surface area contributed by atoms with E-state index in [1.54, 1.807) is 0 Å². The van der Waals surface area contributed by atoms with Crippen molar-refractivity contribution in [1.82, 2.24) is 4.90 Å². The Morgan fingerprint density at radius 2 is 1.84 bits per heavy atom. The van der Waals surface area contributed by atoms with Crippen molar-refractivity contribution in [2.75, 3.05) is 31.5 Å². The highest BCUT2D eigenvalue weighted by Gasteiger charge is 2.33. The standard InChI is InChI=1S/C13H18ClF3N2/c1-3-19(4-2)8-7-18-12-6-5-10(14)9-11(12)13(15,16)17/h5-6,9,18H,3-4,7-8H2,1-2H3. The highest BCUT2D eigenvalue weighted by atomic mass is 35.5. The van der Waals surface area contributed by atoms with E-state index in [0.29, 0.717) is 13.1 Å². The van der Waals surface area contributed by atoms with E-state index in [2.05, 4.69) is 10.2 Å². The van der Waals surface area contributed by atoms with Gasteiger partial charge in [-0.3, -0.25) is 0 Å². The molecule has 0 aliphatic heterocycles. The number of alkyl halides is 3. The second kappa shape index (κ2) is 7.01. The lowest BCUT2D eigenvalue weighted by Crippen LogP contribution is -2.29. The summed E-state index contributed by atoms with van der Waals surface area (Å²) in [6.07, 6.45) is -4.40. The number of nitrogens with zero attached hydrogens (tertiary/aromatic N) is 1. The number of nitrogens with one attached hydrogen (secondary N) is 1. The molecule has 0 amide bonds. The molecule has 0 bridgehead atoms. The zero-order chi connectivity index (χ0) is 14.5. The fourth-order valence-electron chi connectivity index (χ4n) is 1.79. The molecular formula is C13H18ClF3N2. The predicted octanol–water partition coefficient (Wildman–Crippen LogP) is 4.11. The lowest BCUT2D eigenvalue weighted by Gasteiger charge is -2.20. The monoisotopic (exact) mass is 294 g/mol. The van der Waals surface area contributed by atoms with E-state index in [9.17, 15) is 13.2 Å². The minimum Gasteiger partial charge on any atom is -0.383 e. The summed E-state index contributed by atoms with van der Waals surface area (Å²) in [6.45, 7) is 6.97. The summed E-state index contributed by atoms with van der Waals surface area (Å²) in [6, 6.07) is 3.77. The van der Waals surface area contributed by atoms with E-state index in [0.717, 1.165) is 19.2 Å². The van der Waals surface area contributed by atoms with Gasteiger partial charge >= 0.3 is 6.18 Å². The smallest absolute Gasteiger partial charge is 0.383 e. The highest BCUT2D eigenvalue weighted by Crippen LogP contribution is 2.36. The number of hydrogen-bond donors (Lipinski definition) is 1. The maximum Gasteiger partial charge on any atom is 0.418 e. The van der Waals surface area contributed by atoms with Gasteiger partial charge in [-0.15, -0.1) is 0 Å². The summed E-state index contributed by atoms with van der Waals surface area (Å²) in [5.74, 6) is 0. The number of rotatable bonds is 6. The number of benzene rings is 1. The first-order chi connectivity index (χ1) is 8.88. The average Bonchev–Trinajstić information content (AvgIpc) is 2.35. The summed E-state index contributed by atoms with van der Waals surface area (Å²) in [5.41, 5.74) is -0.649. The van der Waals surface area contributed by atoms with Gasteiger partial charge in [-0.25, -0.2) is 0 Å². The Morgan fingerprint density at radius 1 is 1.21 bits per heavy atom. The molecular weight excluding hydrogens is 277 g/mol. The van der Waals surface area contributed by atoms with Crippen LogP contribution in [0.5, 0.6) is 0 Å². The molecule has 19 heavy (non-hydrogen) atoms. The third-order valence-electron chi connectivity index (χ3n) is 2.92. The fraction of sp³-hybridized carbons (Fsp3) is 0.538. The summed E-state index contributed by atoms with van der Waals surface area (Å²) in [4.78, 5) is 2.14. The topological polar surface area (TPSA) is 15.3 Å². The molecule has 0 aromatic heterocycles. The van der Waals surface area contributed by atoms with Crippen molar-refractivity contribution < 1.29 is 13.2 Å². The molecule has 6 heteroatoms. The second-order valence-corrected chi connectivity index (χ2v) is 4.58. The van der Waals surface area contributed by atoms with Crippen molar-refractivity contribution in [2.24, 2.45) is 0 Å². The number of anilines is 1. The maximum absolute atomic E-state index is 12.8. The Labute approximate surface area is 116 Å². The molecule has 0 atom stereocenters. The van der Waals surface area contributed by atoms with Crippen molar-refractivity contribution in [3.63, 3.8) is 0 Å². The van der Waals surface area contributed by atoms with Crippen molar-refractivity contribution >= 4 is 17.3 Å². The molecule has 1 aromatic rings. The predicted molar refractivity (Wildman–Crippen MR) is 72.7 cm³/mol. The van der Waals surface area contributed by atoms with Crippen LogP contribution in [0.1, 0.15) is 19.4 Å². The van der Waals surface area contributed by atoms with Crippen molar-refractivity contribution in [3.05, 3.63) is 28.8 Å². The summed E-state index contributed by atoms with van der Waals surface area (Å²) in [5, 5.41) is 2.91. The van der Waals surface area contributed by atoms with E-state index >= 15 is 0 Å². The van der Waals surface area contributed by atoms with Crippen LogP contribution in [0, 0.1) is 0 Å². The number of likely N-dealkylation sites (N-methyl/N-ethyl adjacent to an activating group) is 1. The first-order valence-corrected chi connectivity index (χ1v) is 6.59. The van der Waals surface area contributed by atoms with Crippen LogP contribution in [0.25, 0.3) is 0 Å². The van der Waals surface area contributed by atoms with Crippen molar-refractivity contribution in [2.45, 2.75) is 20.0 Å². The molecule has 0 fully saturated rings. The zero-order valence-electron chi connectivity index (χ0n) is 11.0. The molecule has 0 aliphatic carbocycles. The first-order valence-electron chi connectivity index (χ1n) is 6.21. The molecule has 108 valence electrons. The lowest BCUT2D eigenvalue weighted by atomic mass is 10.1. The van der Waals surface area contributed by atoms with Gasteiger partial charge in [-0.1, -0.05) is 25.4 Å². The van der Waals surface area contributed by atoms with Gasteiger partial charge in [0.25, 0.3) is 0 Å². The molecule has 1 aromatic carbocycles. The summed E-state index contributed by atoms with van der Waals surface area (Å²) >= 11 is 5.62. The van der Waals surface area contributed by atoms with Crippen LogP contribution < -0.4 is 5.32 Å². The molecule has 1 N–H and O–H groups in total. The second-order valence-electron chi connectivity index (χ2n) is 4.14. The van der Waals surface area contributed by atoms with Crippen LogP contribution in [0.15, 0.2) is 18.2 Å². The largest absolute Gasteiger partial charge is 0.418 e. The molecule has 0 heterocycles. The summed E-state index contributed by atoms with van der Waals surface area (Å²) in [7, 11) is 0. The Balaban J connectivity index is 2.73. The van der Waals surface area contributed by atoms with Gasteiger partial charge in [0.1, 0.15) is 0 Å². The SMILES string of the molecule is CCN(CC)CCNc1ccc(Cl)cc1C(F)(F)F. The molecule has 0 spiro atoms. The van der Waals surface area contributed by atoms with Crippen LogP contribution in [-0.4, -0.2) is 31.1 Å². The van der Waals surface area contributed by atoms with Gasteiger partial charge in [-0.05, 0) is 31.3 Å². The molecule has 0 saturated carbocycles. The molecule has 0 unspecified atom stereocenters. The van der Waals surface area contributed by atoms with Gasteiger partial charge < -0.3 is 10.2 Å². The third kappa shape index (κ3) is 4.91. The number of hydrogen-bond acceptors (Lipinski definition) is 2. The van der Waals surface area contributed by atoms with E-state index in [4.69, 9.17) is 11.6 Å². The van der Waals surface area contributed by atoms with Gasteiger partial charge in [0.2, 0.25) is 0 Å². The van der Waals surface area contributed by atoms with E-state index in [1.807, 2.05) is 13.8 Å².